The van der Waals surface area contributed by atoms with Gasteiger partial charge in [-0.05, 0) is 6.42 Å². The smallest absolute Gasteiger partial charge is 0.145 e. The van der Waals surface area contributed by atoms with Gasteiger partial charge in [0.2, 0.25) is 0 Å². The van der Waals surface area contributed by atoms with Crippen LogP contribution in [0.25, 0.3) is 0 Å². The van der Waals surface area contributed by atoms with Crippen LogP contribution < -0.4 is 5.32 Å². The Hall–Kier alpha value is -0.830. The quantitative estimate of drug-likeness (QED) is 0.412. The second-order valence-electron chi connectivity index (χ2n) is 2.15. The average molecular weight is 145 g/mol. The second-order valence-corrected chi connectivity index (χ2v) is 2.15. The molecule has 1 aliphatic rings. The Bertz CT molecular complexity index is 151. The fourth-order valence-electron chi connectivity index (χ4n) is 0.877. The summed E-state index contributed by atoms with van der Waals surface area (Å²) in [5.74, 6) is 1.73. The van der Waals surface area contributed by atoms with Crippen LogP contribution in [-0.4, -0.2) is 29.2 Å². The third-order valence-electron chi connectivity index (χ3n) is 1.38. The third-order valence-corrected chi connectivity index (χ3v) is 1.38. The molecule has 0 radical (unpaired) electrons. The lowest BCUT2D eigenvalue weighted by Gasteiger charge is -2.18. The van der Waals surface area contributed by atoms with Gasteiger partial charge in [-0.25, -0.2) is 4.79 Å². The van der Waals surface area contributed by atoms with E-state index in [4.69, 9.17) is 5.11 Å². The van der Waals surface area contributed by atoms with Gasteiger partial charge in [0.15, 0.2) is 0 Å². The molecule has 1 fully saturated rings. The molecule has 0 saturated carbocycles. The molecule has 4 nitrogen and oxygen atoms in total. The summed E-state index contributed by atoms with van der Waals surface area (Å²) in [5.41, 5.74) is 0.494. The zero-order valence-corrected chi connectivity index (χ0v) is 5.55. The molecule has 58 valence electrons. The highest BCUT2D eigenvalue weighted by Gasteiger charge is 2.13. The highest BCUT2D eigenvalue weighted by atomic mass is 16.3. The molecule has 1 aliphatic heterocycles. The fraction of sp³-hybridized carbons (Fsp3) is 0.667. The molecule has 0 aromatic carbocycles. The van der Waals surface area contributed by atoms with Gasteiger partial charge in [-0.3, -0.25) is 0 Å². The van der Waals surface area contributed by atoms with Crippen molar-refractivity contribution in [3.63, 3.8) is 0 Å². The largest absolute Gasteiger partial charge is 0.412 e. The predicted octanol–water partition coefficient (Wildman–Crippen LogP) is -1.38. The number of hydrogen-bond donors (Lipinski definition) is 2. The second kappa shape index (κ2) is 4.06. The molecule has 0 aromatic heterocycles. The van der Waals surface area contributed by atoms with Crippen LogP contribution in [0.4, 0.5) is 0 Å². The fourth-order valence-corrected chi connectivity index (χ4v) is 0.877. The lowest BCUT2D eigenvalue weighted by Crippen LogP contribution is -2.29. The van der Waals surface area contributed by atoms with Crippen molar-refractivity contribution in [3.8, 4) is 0 Å². The molecule has 0 aliphatic carbocycles. The maximum atomic E-state index is 9.97. The SMILES string of the molecule is O.O=C=C1CC(O)CCN1. The Morgan fingerprint density at radius 3 is 2.80 bits per heavy atom. The van der Waals surface area contributed by atoms with E-state index in [-0.39, 0.29) is 11.6 Å². The summed E-state index contributed by atoms with van der Waals surface area (Å²) in [6, 6.07) is 0. The number of piperidine rings is 1. The first kappa shape index (κ1) is 9.17. The van der Waals surface area contributed by atoms with E-state index in [1.54, 1.807) is 5.94 Å². The molecule has 1 unspecified atom stereocenters. The van der Waals surface area contributed by atoms with Gasteiger partial charge in [0.05, 0.1) is 11.8 Å². The molecular formula is C6H11NO3. The number of rotatable bonds is 0. The van der Waals surface area contributed by atoms with Crippen molar-refractivity contribution in [2.75, 3.05) is 6.54 Å². The highest BCUT2D eigenvalue weighted by molar-refractivity contribution is 5.51. The van der Waals surface area contributed by atoms with E-state index in [0.29, 0.717) is 18.7 Å². The highest BCUT2D eigenvalue weighted by Crippen LogP contribution is 2.07. The summed E-state index contributed by atoms with van der Waals surface area (Å²) >= 11 is 0. The van der Waals surface area contributed by atoms with Crippen molar-refractivity contribution < 1.29 is 15.4 Å². The minimum Gasteiger partial charge on any atom is -0.412 e. The topological polar surface area (TPSA) is 80.8 Å². The maximum Gasteiger partial charge on any atom is 0.145 e. The average Bonchev–Trinajstić information content (AvgIpc) is 1.88. The van der Waals surface area contributed by atoms with E-state index in [1.807, 2.05) is 0 Å². The van der Waals surface area contributed by atoms with Crippen molar-refractivity contribution in [2.45, 2.75) is 18.9 Å². The van der Waals surface area contributed by atoms with Gasteiger partial charge < -0.3 is 15.9 Å². The van der Waals surface area contributed by atoms with Crippen molar-refractivity contribution >= 4 is 5.94 Å². The van der Waals surface area contributed by atoms with Gasteiger partial charge in [-0.2, -0.15) is 0 Å². The minimum absolute atomic E-state index is 0. The molecule has 0 spiro atoms. The Morgan fingerprint density at radius 2 is 2.40 bits per heavy atom. The van der Waals surface area contributed by atoms with Crippen LogP contribution in [0.1, 0.15) is 12.8 Å². The zero-order chi connectivity index (χ0) is 6.69. The van der Waals surface area contributed by atoms with E-state index in [9.17, 15) is 4.79 Å². The van der Waals surface area contributed by atoms with Crippen LogP contribution in [-0.2, 0) is 4.79 Å². The first-order valence-corrected chi connectivity index (χ1v) is 2.99. The van der Waals surface area contributed by atoms with E-state index >= 15 is 0 Å². The Balaban J connectivity index is 0.000000810. The Kier molecular flexibility index (Phi) is 3.72. The molecule has 1 rings (SSSR count). The lowest BCUT2D eigenvalue weighted by molar-refractivity contribution is 0.151. The van der Waals surface area contributed by atoms with Crippen molar-refractivity contribution in [3.05, 3.63) is 5.70 Å². The molecule has 4 N–H and O–H groups in total. The molecule has 1 atom stereocenters. The molecule has 1 saturated heterocycles. The number of aliphatic hydroxyl groups excluding tert-OH is 1. The molecular weight excluding hydrogens is 134 g/mol. The van der Waals surface area contributed by atoms with Crippen molar-refractivity contribution in [2.24, 2.45) is 0 Å². The normalized spacial score (nSPS) is 24.1. The zero-order valence-electron chi connectivity index (χ0n) is 5.55. The Morgan fingerprint density at radius 1 is 1.70 bits per heavy atom. The van der Waals surface area contributed by atoms with Gasteiger partial charge >= 0.3 is 0 Å². The maximum absolute atomic E-state index is 9.97. The number of aliphatic hydroxyl groups is 1. The summed E-state index contributed by atoms with van der Waals surface area (Å²) < 4.78 is 0. The monoisotopic (exact) mass is 145 g/mol. The van der Waals surface area contributed by atoms with E-state index in [0.717, 1.165) is 6.42 Å². The van der Waals surface area contributed by atoms with Gasteiger partial charge in [-0.1, -0.05) is 0 Å². The summed E-state index contributed by atoms with van der Waals surface area (Å²) in [5, 5.41) is 11.8. The van der Waals surface area contributed by atoms with Gasteiger partial charge in [-0.15, -0.1) is 0 Å². The first-order valence-electron chi connectivity index (χ1n) is 2.99. The number of hydrogen-bond acceptors (Lipinski definition) is 3. The van der Waals surface area contributed by atoms with E-state index < -0.39 is 0 Å². The van der Waals surface area contributed by atoms with E-state index in [1.165, 1.54) is 0 Å². The number of nitrogens with one attached hydrogen (secondary N) is 1. The third kappa shape index (κ3) is 2.19. The summed E-state index contributed by atoms with van der Waals surface area (Å²) in [7, 11) is 0. The summed E-state index contributed by atoms with van der Waals surface area (Å²) in [4.78, 5) is 9.97. The van der Waals surface area contributed by atoms with Crippen LogP contribution in [0.3, 0.4) is 0 Å². The molecule has 0 bridgehead atoms. The molecule has 4 heteroatoms. The Labute approximate surface area is 58.9 Å². The predicted molar refractivity (Wildman–Crippen MR) is 36.1 cm³/mol. The van der Waals surface area contributed by atoms with Crippen molar-refractivity contribution in [1.29, 1.82) is 0 Å². The van der Waals surface area contributed by atoms with Crippen LogP contribution in [0.2, 0.25) is 0 Å². The van der Waals surface area contributed by atoms with Gasteiger partial charge in [0, 0.05) is 13.0 Å². The molecule has 0 aromatic rings. The van der Waals surface area contributed by atoms with Crippen LogP contribution >= 0.6 is 0 Å². The molecule has 1 heterocycles. The molecule has 10 heavy (non-hydrogen) atoms. The lowest BCUT2D eigenvalue weighted by atomic mass is 10.1. The van der Waals surface area contributed by atoms with Gasteiger partial charge in [0.25, 0.3) is 0 Å². The van der Waals surface area contributed by atoms with Gasteiger partial charge in [0.1, 0.15) is 5.94 Å². The van der Waals surface area contributed by atoms with E-state index in [2.05, 4.69) is 5.32 Å². The van der Waals surface area contributed by atoms with Crippen LogP contribution in [0.15, 0.2) is 5.70 Å². The first-order chi connectivity index (χ1) is 4.33. The van der Waals surface area contributed by atoms with Crippen molar-refractivity contribution in [1.82, 2.24) is 5.32 Å². The van der Waals surface area contributed by atoms with Crippen LogP contribution in [0.5, 0.6) is 0 Å². The van der Waals surface area contributed by atoms with Crippen LogP contribution in [0, 0.1) is 0 Å². The summed E-state index contributed by atoms with van der Waals surface area (Å²) in [6.07, 6.45) is 0.817. The summed E-state index contributed by atoms with van der Waals surface area (Å²) in [6.45, 7) is 0.686. The minimum atomic E-state index is -0.345. The standard InChI is InChI=1S/C6H9NO2.H2O/c8-4-5-3-6(9)1-2-7-5;/h6-7,9H,1-3H2;1H2. The number of carbonyl (C=O) groups excluding carboxylic acids is 1. The molecule has 0 amide bonds.